The molecular weight excluding hydrogens is 380 g/mol. The molecular formula is C20H21ClN4O3. The summed E-state index contributed by atoms with van der Waals surface area (Å²) in [5.74, 6) is 0.172. The third-order valence-electron chi connectivity index (χ3n) is 6.02. The fourth-order valence-electron chi connectivity index (χ4n) is 4.62. The Morgan fingerprint density at radius 3 is 2.79 bits per heavy atom. The zero-order valence-corrected chi connectivity index (χ0v) is 16.4. The van der Waals surface area contributed by atoms with Gasteiger partial charge in [0.15, 0.2) is 10.9 Å². The lowest BCUT2D eigenvalue weighted by Crippen LogP contribution is -2.55. The zero-order chi connectivity index (χ0) is 19.4. The molecule has 0 amide bonds. The van der Waals surface area contributed by atoms with Crippen LogP contribution in [0.5, 0.6) is 0 Å². The molecule has 2 saturated heterocycles. The molecule has 7 nitrogen and oxygen atoms in total. The van der Waals surface area contributed by atoms with Gasteiger partial charge in [-0.2, -0.15) is 5.26 Å². The van der Waals surface area contributed by atoms with Crippen LogP contribution in [0.2, 0.25) is 5.15 Å². The minimum absolute atomic E-state index is 0.189. The molecule has 1 atom stereocenters. The molecule has 3 fully saturated rings. The van der Waals surface area contributed by atoms with Crippen LogP contribution in [-0.2, 0) is 19.6 Å². The molecule has 0 radical (unpaired) electrons. The van der Waals surface area contributed by atoms with Crippen molar-refractivity contribution in [2.45, 2.75) is 37.0 Å². The van der Waals surface area contributed by atoms with E-state index in [9.17, 15) is 5.26 Å². The van der Waals surface area contributed by atoms with Gasteiger partial charge in [0.05, 0.1) is 44.0 Å². The number of fused-ring (bicyclic) bond motifs is 1. The summed E-state index contributed by atoms with van der Waals surface area (Å²) in [4.78, 5) is 11.2. The molecule has 8 heteroatoms. The zero-order valence-electron chi connectivity index (χ0n) is 15.7. The molecule has 0 unspecified atom stereocenters. The summed E-state index contributed by atoms with van der Waals surface area (Å²) in [6.45, 7) is 5.29. The quantitative estimate of drug-likeness (QED) is 0.717. The molecule has 146 valence electrons. The molecule has 1 saturated carbocycles. The number of aromatic nitrogens is 2. The lowest BCUT2D eigenvalue weighted by atomic mass is 9.61. The molecule has 2 aliphatic heterocycles. The number of nitrogens with zero attached hydrogens (tertiary/aromatic N) is 4. The molecule has 1 spiro atoms. The topological polar surface area (TPSA) is 80.5 Å². The number of nitriles is 1. The van der Waals surface area contributed by atoms with E-state index in [-0.39, 0.29) is 6.04 Å². The highest BCUT2D eigenvalue weighted by molar-refractivity contribution is 6.33. The average Bonchev–Trinajstić information content (AvgIpc) is 3.16. The van der Waals surface area contributed by atoms with E-state index in [1.54, 1.807) is 6.20 Å². The van der Waals surface area contributed by atoms with Crippen LogP contribution in [0.15, 0.2) is 18.3 Å². The largest absolute Gasteiger partial charge is 0.377 e. The predicted molar refractivity (Wildman–Crippen MR) is 103 cm³/mol. The van der Waals surface area contributed by atoms with Gasteiger partial charge in [-0.15, -0.1) is 0 Å². The van der Waals surface area contributed by atoms with Gasteiger partial charge in [0, 0.05) is 31.0 Å². The van der Waals surface area contributed by atoms with E-state index in [1.165, 1.54) is 0 Å². The molecule has 0 N–H and O–H groups in total. The Hall–Kier alpha value is -1.98. The first-order valence-corrected chi connectivity index (χ1v) is 9.93. The Morgan fingerprint density at radius 1 is 1.29 bits per heavy atom. The summed E-state index contributed by atoms with van der Waals surface area (Å²) in [5, 5.41) is 11.4. The molecule has 0 aromatic carbocycles. The lowest BCUT2D eigenvalue weighted by molar-refractivity contribution is -0.229. The molecule has 2 aromatic heterocycles. The fraction of sp³-hybridized carbons (Fsp3) is 0.550. The fourth-order valence-corrected chi connectivity index (χ4v) is 4.82. The Bertz CT molecular complexity index is 962. The molecule has 28 heavy (non-hydrogen) atoms. The van der Waals surface area contributed by atoms with E-state index in [0.717, 1.165) is 23.3 Å². The van der Waals surface area contributed by atoms with Gasteiger partial charge in [0.25, 0.3) is 0 Å². The summed E-state index contributed by atoms with van der Waals surface area (Å²) < 4.78 is 17.2. The normalized spacial score (nSPS) is 25.6. The van der Waals surface area contributed by atoms with Gasteiger partial charge in [-0.1, -0.05) is 11.6 Å². The van der Waals surface area contributed by atoms with Crippen molar-refractivity contribution in [3.05, 3.63) is 29.0 Å². The Kier molecular flexibility index (Phi) is 4.21. The van der Waals surface area contributed by atoms with Gasteiger partial charge in [0.1, 0.15) is 11.3 Å². The number of ether oxygens (including phenoxy) is 3. The average molecular weight is 401 g/mol. The minimum atomic E-state index is -0.694. The summed E-state index contributed by atoms with van der Waals surface area (Å²) >= 11 is 6.40. The first-order chi connectivity index (χ1) is 13.6. The van der Waals surface area contributed by atoms with Crippen LogP contribution >= 0.6 is 11.6 Å². The first kappa shape index (κ1) is 18.1. The van der Waals surface area contributed by atoms with Gasteiger partial charge in [-0.3, -0.25) is 0 Å². The molecule has 1 aliphatic carbocycles. The monoisotopic (exact) mass is 400 g/mol. The van der Waals surface area contributed by atoms with Crippen LogP contribution in [0, 0.1) is 11.3 Å². The van der Waals surface area contributed by atoms with Crippen molar-refractivity contribution in [3.63, 3.8) is 0 Å². The second kappa shape index (κ2) is 6.53. The Balaban J connectivity index is 1.65. The number of hydrogen-bond acceptors (Lipinski definition) is 7. The lowest BCUT2D eigenvalue weighted by Gasteiger charge is -2.49. The third kappa shape index (κ3) is 2.67. The van der Waals surface area contributed by atoms with E-state index in [4.69, 9.17) is 30.8 Å². The number of pyridine rings is 2. The van der Waals surface area contributed by atoms with Gasteiger partial charge < -0.3 is 19.1 Å². The smallest absolute Gasteiger partial charge is 0.172 e. The van der Waals surface area contributed by atoms with Crippen LogP contribution in [-0.4, -0.2) is 54.8 Å². The van der Waals surface area contributed by atoms with Crippen molar-refractivity contribution >= 4 is 28.3 Å². The molecule has 3 aliphatic rings. The van der Waals surface area contributed by atoms with Crippen molar-refractivity contribution in [1.29, 1.82) is 5.26 Å². The van der Waals surface area contributed by atoms with Gasteiger partial charge in [-0.05, 0) is 24.6 Å². The molecule has 2 aromatic rings. The van der Waals surface area contributed by atoms with Crippen LogP contribution in [0.4, 0.5) is 5.82 Å². The maximum absolute atomic E-state index is 10.2. The van der Waals surface area contributed by atoms with Crippen LogP contribution in [0.25, 0.3) is 10.9 Å². The summed E-state index contributed by atoms with van der Waals surface area (Å²) in [6, 6.07) is 6.65. The second-order valence-corrected chi connectivity index (χ2v) is 8.16. The van der Waals surface area contributed by atoms with Crippen molar-refractivity contribution in [2.24, 2.45) is 0 Å². The molecule has 5 rings (SSSR count). The summed E-state index contributed by atoms with van der Waals surface area (Å²) in [5.41, 5.74) is 0.849. The van der Waals surface area contributed by atoms with Crippen molar-refractivity contribution in [1.82, 2.24) is 9.97 Å². The maximum atomic E-state index is 10.2. The van der Waals surface area contributed by atoms with Crippen LogP contribution in [0.1, 0.15) is 25.3 Å². The van der Waals surface area contributed by atoms with E-state index >= 15 is 0 Å². The number of anilines is 1. The van der Waals surface area contributed by atoms with E-state index in [1.807, 2.05) is 12.1 Å². The van der Waals surface area contributed by atoms with Crippen LogP contribution in [0.3, 0.4) is 0 Å². The highest BCUT2D eigenvalue weighted by Crippen LogP contribution is 2.55. The van der Waals surface area contributed by atoms with Crippen molar-refractivity contribution in [2.75, 3.05) is 37.9 Å². The standard InChI is InChI=1S/C20H21ClN4O3/c1-13-9-26-5-4-25(13)16-8-15(14-2-3-23-18(21)17(14)24-16)19(12-22)10-20(11-19)27-6-7-28-20/h2-3,8,13H,4-7,9-11H2,1H3/t13-/m1/s1. The number of halogens is 1. The van der Waals surface area contributed by atoms with Gasteiger partial charge in [-0.25, -0.2) is 9.97 Å². The van der Waals surface area contributed by atoms with Gasteiger partial charge in [0.2, 0.25) is 0 Å². The third-order valence-corrected chi connectivity index (χ3v) is 6.29. The number of morpholine rings is 1. The summed E-state index contributed by atoms with van der Waals surface area (Å²) in [6.07, 6.45) is 2.68. The second-order valence-electron chi connectivity index (χ2n) is 7.80. The van der Waals surface area contributed by atoms with E-state index < -0.39 is 11.2 Å². The van der Waals surface area contributed by atoms with Crippen molar-refractivity contribution < 1.29 is 14.2 Å². The Morgan fingerprint density at radius 2 is 2.07 bits per heavy atom. The molecule has 4 heterocycles. The van der Waals surface area contributed by atoms with Gasteiger partial charge >= 0.3 is 0 Å². The number of hydrogen-bond donors (Lipinski definition) is 0. The van der Waals surface area contributed by atoms with Crippen molar-refractivity contribution in [3.8, 4) is 6.07 Å². The highest BCUT2D eigenvalue weighted by Gasteiger charge is 2.60. The Labute approximate surface area is 168 Å². The SMILES string of the molecule is C[C@@H]1COCCN1c1cc(C2(C#N)CC3(C2)OCCO3)c2ccnc(Cl)c2n1. The van der Waals surface area contributed by atoms with Crippen LogP contribution < -0.4 is 4.90 Å². The van der Waals surface area contributed by atoms with E-state index in [2.05, 4.69) is 22.9 Å². The summed E-state index contributed by atoms with van der Waals surface area (Å²) in [7, 11) is 0. The molecule has 0 bridgehead atoms. The highest BCUT2D eigenvalue weighted by atomic mass is 35.5. The minimum Gasteiger partial charge on any atom is -0.377 e. The predicted octanol–water partition coefficient (Wildman–Crippen LogP) is 2.81. The maximum Gasteiger partial charge on any atom is 0.172 e. The number of rotatable bonds is 2. The van der Waals surface area contributed by atoms with E-state index in [0.29, 0.717) is 49.9 Å². The first-order valence-electron chi connectivity index (χ1n) is 9.55.